The Bertz CT molecular complexity index is 2850. The van der Waals surface area contributed by atoms with Gasteiger partial charge < -0.3 is 41.5 Å². The number of imidazole rings is 2. The molecule has 2 saturated heterocycles. The first kappa shape index (κ1) is 42.4. The maximum Gasteiger partial charge on any atom is 0.278 e. The normalized spacial score (nSPS) is 14.9. The van der Waals surface area contributed by atoms with Gasteiger partial charge in [0.05, 0.1) is 53.0 Å². The second-order valence-electron chi connectivity index (χ2n) is 16.0. The van der Waals surface area contributed by atoms with Crippen LogP contribution in [0.3, 0.4) is 0 Å². The van der Waals surface area contributed by atoms with E-state index in [2.05, 4.69) is 25.7 Å². The lowest BCUT2D eigenvalue weighted by Gasteiger charge is -2.47. The molecule has 6 aromatic rings. The zero-order valence-corrected chi connectivity index (χ0v) is 35.8. The fourth-order valence-electron chi connectivity index (χ4n) is 8.65. The molecule has 4 aromatic heterocycles. The van der Waals surface area contributed by atoms with Crippen LogP contribution in [0.2, 0.25) is 0 Å². The summed E-state index contributed by atoms with van der Waals surface area (Å²) in [5.41, 5.74) is 29.4. The Kier molecular flexibility index (Phi) is 11.1. The summed E-state index contributed by atoms with van der Waals surface area (Å²) < 4.78 is 18.1. The summed E-state index contributed by atoms with van der Waals surface area (Å²) in [4.78, 5) is 64.6. The summed E-state index contributed by atoms with van der Waals surface area (Å²) in [6.07, 6.45) is 4.72. The number of ether oxygens (including phenoxy) is 2. The first-order valence-corrected chi connectivity index (χ1v) is 20.6. The molecule has 63 heavy (non-hydrogen) atoms. The molecule has 10 N–H and O–H groups in total. The van der Waals surface area contributed by atoms with Crippen molar-refractivity contribution in [2.75, 3.05) is 55.5 Å². The van der Waals surface area contributed by atoms with E-state index in [0.29, 0.717) is 65.4 Å². The predicted octanol–water partition coefficient (Wildman–Crippen LogP) is 2.79. The topological polar surface area (TPSA) is 289 Å². The second kappa shape index (κ2) is 16.5. The molecule has 0 atom stereocenters. The Morgan fingerprint density at radius 2 is 1.30 bits per heavy atom. The lowest BCUT2D eigenvalue weighted by Crippen LogP contribution is -2.56. The number of anilines is 4. The van der Waals surface area contributed by atoms with Crippen molar-refractivity contribution in [2.24, 2.45) is 16.9 Å². The molecular weight excluding hydrogens is 811 g/mol. The van der Waals surface area contributed by atoms with Gasteiger partial charge in [-0.25, -0.2) is 9.97 Å². The number of carbonyl (C=O) groups excluding carboxylic acids is 4. The minimum Gasteiger partial charge on any atom is -0.494 e. The number of nitrogen functional groups attached to an aromatic ring is 2. The van der Waals surface area contributed by atoms with E-state index in [9.17, 15) is 19.2 Å². The Labute approximate surface area is 361 Å². The largest absolute Gasteiger partial charge is 0.494 e. The molecule has 4 amide bonds. The van der Waals surface area contributed by atoms with Crippen LogP contribution in [0.5, 0.6) is 5.75 Å². The number of carbonyl (C=O) groups is 4. The van der Waals surface area contributed by atoms with Crippen LogP contribution in [0.1, 0.15) is 78.9 Å². The molecule has 330 valence electrons. The van der Waals surface area contributed by atoms with Crippen LogP contribution in [0, 0.1) is 19.3 Å². The van der Waals surface area contributed by atoms with Crippen LogP contribution in [-0.2, 0) is 37.5 Å². The third kappa shape index (κ3) is 7.69. The first-order chi connectivity index (χ1) is 30.1. The second-order valence-corrected chi connectivity index (χ2v) is 16.0. The number of aryl methyl sites for hydroxylation is 4. The molecule has 0 aliphatic carbocycles. The van der Waals surface area contributed by atoms with E-state index >= 15 is 0 Å². The number of hydrogen-bond donors (Lipinski definition) is 6. The number of likely N-dealkylation sites (tertiary alicyclic amines) is 1. The maximum atomic E-state index is 14.0. The Morgan fingerprint density at radius 1 is 0.794 bits per heavy atom. The van der Waals surface area contributed by atoms with Gasteiger partial charge >= 0.3 is 0 Å². The number of aromatic nitrogens is 8. The summed E-state index contributed by atoms with van der Waals surface area (Å²) in [6, 6.07) is 6.43. The molecule has 21 heteroatoms. The van der Waals surface area contributed by atoms with Gasteiger partial charge in [0, 0.05) is 69.0 Å². The SMILES string of the molecule is CCn1nc(C)c(N)c1C(=O)Nc1nc2cc(C(N)=O)cc(CN3CC4(CCOC4)C3)c2n1C/C=C/Cn1c(NC(=O)c2c(N)c(C)nn2CC)nc2cc(C(N)=O)cc(OC)c21. The molecule has 0 radical (unpaired) electrons. The number of methoxy groups -OCH3 is 1. The number of allylic oxidation sites excluding steroid dienone is 2. The van der Waals surface area contributed by atoms with E-state index < -0.39 is 23.6 Å². The summed E-state index contributed by atoms with van der Waals surface area (Å²) in [5.74, 6) is -1.69. The minimum atomic E-state index is -0.679. The van der Waals surface area contributed by atoms with Gasteiger partial charge in [-0.15, -0.1) is 0 Å². The molecule has 8 rings (SSSR count). The third-order valence-electron chi connectivity index (χ3n) is 11.8. The summed E-state index contributed by atoms with van der Waals surface area (Å²) >= 11 is 0. The smallest absolute Gasteiger partial charge is 0.278 e. The van der Waals surface area contributed by atoms with Crippen molar-refractivity contribution >= 4 is 69.0 Å². The molecule has 2 aliphatic rings. The number of amides is 4. The van der Waals surface area contributed by atoms with Crippen molar-refractivity contribution in [2.45, 2.75) is 66.8 Å². The van der Waals surface area contributed by atoms with E-state index in [0.717, 1.165) is 31.7 Å². The molecule has 1 spiro atoms. The molecule has 6 heterocycles. The molecule has 21 nitrogen and oxygen atoms in total. The van der Waals surface area contributed by atoms with E-state index in [4.69, 9.17) is 42.4 Å². The number of nitrogens with one attached hydrogen (secondary N) is 2. The number of nitrogens with zero attached hydrogens (tertiary/aromatic N) is 9. The molecular formula is C42H51N15O6. The minimum absolute atomic E-state index is 0.117. The van der Waals surface area contributed by atoms with Gasteiger partial charge in [-0.3, -0.25) is 44.1 Å². The maximum absolute atomic E-state index is 14.0. The predicted molar refractivity (Wildman–Crippen MR) is 235 cm³/mol. The van der Waals surface area contributed by atoms with Crippen molar-refractivity contribution in [3.8, 4) is 5.75 Å². The van der Waals surface area contributed by atoms with Crippen molar-refractivity contribution in [3.63, 3.8) is 0 Å². The summed E-state index contributed by atoms with van der Waals surface area (Å²) in [5, 5.41) is 14.7. The standard InChI is InChI=1S/C42H51N15O6/c1-6-56-34(30(43)22(3)51-56)38(60)49-40-47-27-15-24(36(45)58)14-26(18-53-19-42(20-53)10-13-63-21-42)32(27)54(40)11-8-9-12-55-33-28(16-25(37(46)59)17-29(33)62-5)48-41(55)50-39(61)35-31(44)23(4)52-57(35)7-2/h8-9,14-17H,6-7,10-13,18-21,43-44H2,1-5H3,(H2,45,58)(H2,46,59)(H,47,49,60)(H,48,50,61)/b9-8+. The fraction of sp³-hybridized carbons (Fsp3) is 0.381. The number of hydrogen-bond acceptors (Lipinski definition) is 13. The Morgan fingerprint density at radius 3 is 1.78 bits per heavy atom. The third-order valence-corrected chi connectivity index (χ3v) is 11.8. The van der Waals surface area contributed by atoms with Crippen LogP contribution in [-0.4, -0.2) is 101 Å². The van der Waals surface area contributed by atoms with Gasteiger partial charge in [-0.2, -0.15) is 10.2 Å². The van der Waals surface area contributed by atoms with E-state index in [1.165, 1.54) is 28.6 Å². The fourth-order valence-corrected chi connectivity index (χ4v) is 8.65. The summed E-state index contributed by atoms with van der Waals surface area (Å²) in [6.45, 7) is 11.9. The molecule has 2 fully saturated rings. The molecule has 0 bridgehead atoms. The van der Waals surface area contributed by atoms with Gasteiger partial charge in [-0.1, -0.05) is 12.2 Å². The molecule has 2 aromatic carbocycles. The van der Waals surface area contributed by atoms with Gasteiger partial charge in [0.15, 0.2) is 0 Å². The quantitative estimate of drug-likeness (QED) is 0.0811. The van der Waals surface area contributed by atoms with E-state index in [1.54, 1.807) is 30.5 Å². The molecule has 0 unspecified atom stereocenters. The number of nitrogens with two attached hydrogens (primary N) is 4. The highest BCUT2D eigenvalue weighted by atomic mass is 16.5. The zero-order chi connectivity index (χ0) is 44.9. The lowest BCUT2D eigenvalue weighted by molar-refractivity contribution is -0.0121. The van der Waals surface area contributed by atoms with E-state index in [1.807, 2.05) is 30.6 Å². The van der Waals surface area contributed by atoms with Crippen LogP contribution in [0.25, 0.3) is 22.1 Å². The van der Waals surface area contributed by atoms with Crippen LogP contribution < -0.4 is 38.3 Å². The zero-order valence-electron chi connectivity index (χ0n) is 35.8. The van der Waals surface area contributed by atoms with Crippen LogP contribution in [0.15, 0.2) is 36.4 Å². The van der Waals surface area contributed by atoms with Gasteiger partial charge in [-0.05, 0) is 63.9 Å². The highest BCUT2D eigenvalue weighted by molar-refractivity contribution is 6.08. The van der Waals surface area contributed by atoms with Crippen molar-refractivity contribution in [3.05, 3.63) is 75.9 Å². The number of primary amides is 2. The highest BCUT2D eigenvalue weighted by Crippen LogP contribution is 2.40. The van der Waals surface area contributed by atoms with Crippen LogP contribution in [0.4, 0.5) is 23.3 Å². The van der Waals surface area contributed by atoms with Gasteiger partial charge in [0.25, 0.3) is 11.8 Å². The first-order valence-electron chi connectivity index (χ1n) is 20.6. The van der Waals surface area contributed by atoms with Crippen molar-refractivity contribution in [1.29, 1.82) is 0 Å². The van der Waals surface area contributed by atoms with Gasteiger partial charge in [0.2, 0.25) is 23.7 Å². The van der Waals surface area contributed by atoms with Crippen molar-refractivity contribution in [1.82, 2.24) is 43.6 Å². The van der Waals surface area contributed by atoms with E-state index in [-0.39, 0.29) is 64.3 Å². The van der Waals surface area contributed by atoms with Gasteiger partial charge in [0.1, 0.15) is 22.7 Å². The number of benzene rings is 2. The summed E-state index contributed by atoms with van der Waals surface area (Å²) in [7, 11) is 1.46. The monoisotopic (exact) mass is 861 g/mol. The number of rotatable bonds is 15. The average Bonchev–Trinajstić information content (AvgIpc) is 4.06. The number of fused-ring (bicyclic) bond motifs is 2. The lowest BCUT2D eigenvalue weighted by atomic mass is 9.79. The molecule has 0 saturated carbocycles. The Hall–Kier alpha value is -7.26. The van der Waals surface area contributed by atoms with Crippen LogP contribution >= 0.6 is 0 Å². The van der Waals surface area contributed by atoms with Crippen molar-refractivity contribution < 1.29 is 28.7 Å². The highest BCUT2D eigenvalue weighted by Gasteiger charge is 2.45. The molecule has 2 aliphatic heterocycles. The average molecular weight is 862 g/mol. The Balaban J connectivity index is 1.19.